The first-order valence-electron chi connectivity index (χ1n) is 3.76. The number of hydrogen-bond donors (Lipinski definition) is 1. The number of nitrogens with zero attached hydrogens (tertiary/aromatic N) is 3. The maximum Gasteiger partial charge on any atom is 0.195 e. The molecular weight excluding hydrogens is 204 g/mol. The number of aromatic amines is 1. The summed E-state index contributed by atoms with van der Waals surface area (Å²) in [5.74, 6) is 0. The molecule has 13 heavy (non-hydrogen) atoms. The third-order valence-electron chi connectivity index (χ3n) is 1.62. The first kappa shape index (κ1) is 8.58. The number of H-pyrrole nitrogens is 1. The predicted octanol–water partition coefficient (Wildman–Crippen LogP) is 1.75. The summed E-state index contributed by atoms with van der Waals surface area (Å²) in [6.45, 7) is 2.68. The van der Waals surface area contributed by atoms with Crippen molar-refractivity contribution in [3.63, 3.8) is 0 Å². The van der Waals surface area contributed by atoms with E-state index in [1.54, 1.807) is 17.7 Å². The van der Waals surface area contributed by atoms with Crippen LogP contribution in [0.2, 0.25) is 0 Å². The molecule has 0 saturated carbocycles. The fraction of sp³-hybridized carbons (Fsp3) is 0.286. The molecule has 0 fully saturated rings. The number of aryl methyl sites for hydroxylation is 1. The van der Waals surface area contributed by atoms with Gasteiger partial charge in [0.25, 0.3) is 0 Å². The number of rotatable bonds is 2. The van der Waals surface area contributed by atoms with E-state index in [0.29, 0.717) is 11.3 Å². The van der Waals surface area contributed by atoms with Crippen molar-refractivity contribution in [1.29, 1.82) is 0 Å². The first-order valence-corrected chi connectivity index (χ1v) is 5.05. The Kier molecular flexibility index (Phi) is 2.24. The Labute approximate surface area is 84.3 Å². The summed E-state index contributed by atoms with van der Waals surface area (Å²) in [4.78, 5) is 4.34. The highest BCUT2D eigenvalue weighted by Crippen LogP contribution is 2.09. The van der Waals surface area contributed by atoms with Crippen LogP contribution in [0.4, 0.5) is 0 Å². The van der Waals surface area contributed by atoms with Crippen LogP contribution in [-0.2, 0) is 6.54 Å². The van der Waals surface area contributed by atoms with Gasteiger partial charge in [0.05, 0.1) is 17.2 Å². The van der Waals surface area contributed by atoms with Gasteiger partial charge in [0.1, 0.15) is 6.33 Å². The smallest absolute Gasteiger partial charge is 0.195 e. The molecule has 2 aromatic rings. The van der Waals surface area contributed by atoms with Gasteiger partial charge in [-0.15, -0.1) is 11.3 Å². The quantitative estimate of drug-likeness (QED) is 0.771. The third-order valence-corrected chi connectivity index (χ3v) is 2.77. The molecule has 0 spiro atoms. The van der Waals surface area contributed by atoms with Crippen LogP contribution in [0.25, 0.3) is 0 Å². The molecule has 6 heteroatoms. The van der Waals surface area contributed by atoms with E-state index < -0.39 is 0 Å². The average molecular weight is 212 g/mol. The highest BCUT2D eigenvalue weighted by Gasteiger charge is 2.00. The Balaban J connectivity index is 2.24. The standard InChI is InChI=1S/C7H8N4S2/c1-5-9-6(3-13-5)2-11-4-8-10-7(11)12/h3-4H,2H2,1H3,(H,10,12). The van der Waals surface area contributed by atoms with Crippen molar-refractivity contribution in [3.05, 3.63) is 27.2 Å². The Bertz CT molecular complexity index is 453. The lowest BCUT2D eigenvalue weighted by Crippen LogP contribution is -1.98. The summed E-state index contributed by atoms with van der Waals surface area (Å²) in [7, 11) is 0. The second kappa shape index (κ2) is 3.39. The third kappa shape index (κ3) is 1.84. The van der Waals surface area contributed by atoms with Crippen LogP contribution in [0.1, 0.15) is 10.7 Å². The van der Waals surface area contributed by atoms with Crippen LogP contribution in [0, 0.1) is 11.7 Å². The molecule has 0 aliphatic rings. The molecule has 2 rings (SSSR count). The SMILES string of the molecule is Cc1nc(Cn2cn[nH]c2=S)cs1. The fourth-order valence-electron chi connectivity index (χ4n) is 1.04. The normalized spacial score (nSPS) is 10.5. The molecule has 0 amide bonds. The monoisotopic (exact) mass is 212 g/mol. The van der Waals surface area contributed by atoms with Crippen LogP contribution >= 0.6 is 23.6 Å². The Morgan fingerprint density at radius 2 is 2.54 bits per heavy atom. The van der Waals surface area contributed by atoms with Gasteiger partial charge in [0.2, 0.25) is 0 Å². The number of aromatic nitrogens is 4. The summed E-state index contributed by atoms with van der Waals surface area (Å²) in [6.07, 6.45) is 1.68. The van der Waals surface area contributed by atoms with Crippen molar-refractivity contribution in [3.8, 4) is 0 Å². The second-order valence-electron chi connectivity index (χ2n) is 2.65. The fourth-order valence-corrected chi connectivity index (χ4v) is 1.81. The minimum Gasteiger partial charge on any atom is -0.301 e. The van der Waals surface area contributed by atoms with E-state index in [1.807, 2.05) is 16.9 Å². The molecule has 0 radical (unpaired) electrons. The van der Waals surface area contributed by atoms with Crippen molar-refractivity contribution in [2.45, 2.75) is 13.5 Å². The zero-order chi connectivity index (χ0) is 9.26. The van der Waals surface area contributed by atoms with E-state index in [1.165, 1.54) is 0 Å². The number of thiazole rings is 1. The van der Waals surface area contributed by atoms with Gasteiger partial charge in [-0.25, -0.2) is 4.98 Å². The zero-order valence-electron chi connectivity index (χ0n) is 7.02. The van der Waals surface area contributed by atoms with Crippen molar-refractivity contribution < 1.29 is 0 Å². The Morgan fingerprint density at radius 1 is 1.69 bits per heavy atom. The molecule has 2 aromatic heterocycles. The van der Waals surface area contributed by atoms with Gasteiger partial charge in [0, 0.05) is 5.38 Å². The van der Waals surface area contributed by atoms with Crippen molar-refractivity contribution in [1.82, 2.24) is 19.7 Å². The largest absolute Gasteiger partial charge is 0.301 e. The Hall–Kier alpha value is -1.01. The molecule has 0 aliphatic heterocycles. The Morgan fingerprint density at radius 3 is 3.08 bits per heavy atom. The van der Waals surface area contributed by atoms with E-state index in [9.17, 15) is 0 Å². The maximum atomic E-state index is 5.01. The molecule has 0 aliphatic carbocycles. The predicted molar refractivity (Wildman–Crippen MR) is 53.4 cm³/mol. The number of nitrogens with one attached hydrogen (secondary N) is 1. The number of hydrogen-bond acceptors (Lipinski definition) is 4. The maximum absolute atomic E-state index is 5.01. The van der Waals surface area contributed by atoms with Crippen LogP contribution in [0.15, 0.2) is 11.7 Å². The van der Waals surface area contributed by atoms with Crippen molar-refractivity contribution in [2.75, 3.05) is 0 Å². The van der Waals surface area contributed by atoms with E-state index in [4.69, 9.17) is 12.2 Å². The molecule has 0 bridgehead atoms. The van der Waals surface area contributed by atoms with Gasteiger partial charge in [0.15, 0.2) is 4.77 Å². The minimum atomic E-state index is 0.630. The van der Waals surface area contributed by atoms with E-state index in [2.05, 4.69) is 15.2 Å². The molecule has 0 atom stereocenters. The van der Waals surface area contributed by atoms with Crippen LogP contribution < -0.4 is 0 Å². The zero-order valence-corrected chi connectivity index (χ0v) is 8.65. The lowest BCUT2D eigenvalue weighted by Gasteiger charge is -1.95. The van der Waals surface area contributed by atoms with E-state index in [0.717, 1.165) is 10.7 Å². The van der Waals surface area contributed by atoms with Crippen molar-refractivity contribution >= 4 is 23.6 Å². The van der Waals surface area contributed by atoms with Gasteiger partial charge in [-0.05, 0) is 19.1 Å². The van der Waals surface area contributed by atoms with Gasteiger partial charge in [-0.1, -0.05) is 0 Å². The highest BCUT2D eigenvalue weighted by molar-refractivity contribution is 7.71. The molecule has 1 N–H and O–H groups in total. The van der Waals surface area contributed by atoms with Crippen molar-refractivity contribution in [2.24, 2.45) is 0 Å². The molecule has 4 nitrogen and oxygen atoms in total. The van der Waals surface area contributed by atoms with Gasteiger partial charge >= 0.3 is 0 Å². The van der Waals surface area contributed by atoms with E-state index >= 15 is 0 Å². The lowest BCUT2D eigenvalue weighted by molar-refractivity contribution is 0.763. The summed E-state index contributed by atoms with van der Waals surface area (Å²) in [5.41, 5.74) is 1.03. The van der Waals surface area contributed by atoms with E-state index in [-0.39, 0.29) is 0 Å². The van der Waals surface area contributed by atoms with Crippen LogP contribution in [0.3, 0.4) is 0 Å². The molecule has 0 saturated heterocycles. The molecule has 68 valence electrons. The topological polar surface area (TPSA) is 46.5 Å². The van der Waals surface area contributed by atoms with Gasteiger partial charge in [-0.3, -0.25) is 5.10 Å². The highest BCUT2D eigenvalue weighted by atomic mass is 32.1. The minimum absolute atomic E-state index is 0.630. The molecular formula is C7H8N4S2. The van der Waals surface area contributed by atoms with Gasteiger partial charge in [-0.2, -0.15) is 5.10 Å². The average Bonchev–Trinajstić information content (AvgIpc) is 2.64. The van der Waals surface area contributed by atoms with Gasteiger partial charge < -0.3 is 4.57 Å². The first-order chi connectivity index (χ1) is 6.25. The second-order valence-corrected chi connectivity index (χ2v) is 4.10. The molecule has 2 heterocycles. The molecule has 0 aromatic carbocycles. The summed E-state index contributed by atoms with van der Waals surface area (Å²) >= 11 is 6.65. The summed E-state index contributed by atoms with van der Waals surface area (Å²) in [5, 5.41) is 9.64. The summed E-state index contributed by atoms with van der Waals surface area (Å²) in [6, 6.07) is 0. The van der Waals surface area contributed by atoms with Crippen LogP contribution in [0.5, 0.6) is 0 Å². The van der Waals surface area contributed by atoms with Crippen LogP contribution in [-0.4, -0.2) is 19.7 Å². The summed E-state index contributed by atoms with van der Waals surface area (Å²) < 4.78 is 2.48. The molecule has 0 unspecified atom stereocenters. The lowest BCUT2D eigenvalue weighted by atomic mass is 10.5.